The van der Waals surface area contributed by atoms with E-state index in [4.69, 9.17) is 10.7 Å². The van der Waals surface area contributed by atoms with Gasteiger partial charge in [0.05, 0.1) is 17.2 Å². The number of para-hydroxylation sites is 2. The van der Waals surface area contributed by atoms with Crippen molar-refractivity contribution in [3.63, 3.8) is 0 Å². The van der Waals surface area contributed by atoms with Crippen molar-refractivity contribution in [1.82, 2.24) is 9.97 Å². The molecule has 2 aromatic rings. The van der Waals surface area contributed by atoms with E-state index in [9.17, 15) is 0 Å². The van der Waals surface area contributed by atoms with Crippen molar-refractivity contribution in [2.24, 2.45) is 11.7 Å². The standard InChI is InChI=1S/C14H18N4/c15-8-11-4-3-7-18(10-11)14-9-16-12-5-1-2-6-13(12)17-14/h1-2,5-6,9,11H,3-4,7-8,10,15H2/t11-/m1/s1. The maximum absolute atomic E-state index is 5.77. The summed E-state index contributed by atoms with van der Waals surface area (Å²) >= 11 is 0. The van der Waals surface area contributed by atoms with Gasteiger partial charge in [-0.25, -0.2) is 4.98 Å². The molecule has 1 saturated heterocycles. The van der Waals surface area contributed by atoms with E-state index in [1.165, 1.54) is 12.8 Å². The van der Waals surface area contributed by atoms with Gasteiger partial charge in [-0.05, 0) is 37.4 Å². The van der Waals surface area contributed by atoms with Crippen LogP contribution in [0.1, 0.15) is 12.8 Å². The number of hydrogen-bond donors (Lipinski definition) is 1. The number of nitrogens with zero attached hydrogens (tertiary/aromatic N) is 3. The Kier molecular flexibility index (Phi) is 3.11. The fourth-order valence-corrected chi connectivity index (χ4v) is 2.57. The van der Waals surface area contributed by atoms with Crippen LogP contribution in [0.4, 0.5) is 5.82 Å². The minimum Gasteiger partial charge on any atom is -0.355 e. The highest BCUT2D eigenvalue weighted by molar-refractivity contribution is 5.75. The molecular weight excluding hydrogens is 224 g/mol. The summed E-state index contributed by atoms with van der Waals surface area (Å²) in [7, 11) is 0. The summed E-state index contributed by atoms with van der Waals surface area (Å²) in [5, 5.41) is 0. The summed E-state index contributed by atoms with van der Waals surface area (Å²) in [5.41, 5.74) is 7.69. The highest BCUT2D eigenvalue weighted by atomic mass is 15.2. The molecule has 0 saturated carbocycles. The average Bonchev–Trinajstić information content (AvgIpc) is 2.47. The molecule has 4 heteroatoms. The highest BCUT2D eigenvalue weighted by Crippen LogP contribution is 2.22. The second-order valence-electron chi connectivity index (χ2n) is 4.91. The summed E-state index contributed by atoms with van der Waals surface area (Å²) in [6.45, 7) is 2.82. The second-order valence-corrected chi connectivity index (χ2v) is 4.91. The molecule has 3 rings (SSSR count). The van der Waals surface area contributed by atoms with Crippen molar-refractivity contribution in [3.8, 4) is 0 Å². The van der Waals surface area contributed by atoms with E-state index in [1.807, 2.05) is 30.5 Å². The summed E-state index contributed by atoms with van der Waals surface area (Å²) in [5.74, 6) is 1.57. The van der Waals surface area contributed by atoms with Crippen LogP contribution in [0.3, 0.4) is 0 Å². The number of piperidine rings is 1. The van der Waals surface area contributed by atoms with Crippen LogP contribution in [-0.2, 0) is 0 Å². The van der Waals surface area contributed by atoms with Crippen LogP contribution in [0.25, 0.3) is 11.0 Å². The number of hydrogen-bond acceptors (Lipinski definition) is 4. The molecule has 1 aromatic heterocycles. The first-order chi connectivity index (χ1) is 8.86. The average molecular weight is 242 g/mol. The fourth-order valence-electron chi connectivity index (χ4n) is 2.57. The summed E-state index contributed by atoms with van der Waals surface area (Å²) < 4.78 is 0. The molecule has 0 bridgehead atoms. The quantitative estimate of drug-likeness (QED) is 0.872. The van der Waals surface area contributed by atoms with E-state index in [0.717, 1.165) is 36.5 Å². The first-order valence-corrected chi connectivity index (χ1v) is 6.53. The number of fused-ring (bicyclic) bond motifs is 1. The van der Waals surface area contributed by atoms with E-state index in [2.05, 4.69) is 9.88 Å². The Morgan fingerprint density at radius 2 is 2.11 bits per heavy atom. The first kappa shape index (κ1) is 11.4. The molecule has 0 amide bonds. The summed E-state index contributed by atoms with van der Waals surface area (Å²) in [6, 6.07) is 7.99. The van der Waals surface area contributed by atoms with E-state index in [1.54, 1.807) is 0 Å². The molecule has 0 aliphatic carbocycles. The Morgan fingerprint density at radius 3 is 2.94 bits per heavy atom. The molecule has 4 nitrogen and oxygen atoms in total. The van der Waals surface area contributed by atoms with Crippen molar-refractivity contribution in [2.45, 2.75) is 12.8 Å². The lowest BCUT2D eigenvalue weighted by atomic mass is 9.98. The number of aromatic nitrogens is 2. The topological polar surface area (TPSA) is 55.0 Å². The largest absolute Gasteiger partial charge is 0.355 e. The number of rotatable bonds is 2. The van der Waals surface area contributed by atoms with Crippen LogP contribution >= 0.6 is 0 Å². The van der Waals surface area contributed by atoms with Crippen molar-refractivity contribution < 1.29 is 0 Å². The molecule has 0 spiro atoms. The van der Waals surface area contributed by atoms with Gasteiger partial charge in [-0.15, -0.1) is 0 Å². The van der Waals surface area contributed by atoms with Crippen LogP contribution in [0, 0.1) is 5.92 Å². The Balaban J connectivity index is 1.89. The van der Waals surface area contributed by atoms with Gasteiger partial charge in [-0.3, -0.25) is 4.98 Å². The van der Waals surface area contributed by atoms with Crippen LogP contribution in [0.5, 0.6) is 0 Å². The minimum atomic E-state index is 0.590. The van der Waals surface area contributed by atoms with Gasteiger partial charge < -0.3 is 10.6 Å². The molecule has 0 unspecified atom stereocenters. The zero-order chi connectivity index (χ0) is 12.4. The maximum atomic E-state index is 5.77. The SMILES string of the molecule is NC[C@H]1CCCN(c2cnc3ccccc3n2)C1. The molecule has 1 aliphatic rings. The molecule has 1 fully saturated rings. The van der Waals surface area contributed by atoms with Crippen molar-refractivity contribution in [2.75, 3.05) is 24.5 Å². The Labute approximate surface area is 107 Å². The van der Waals surface area contributed by atoms with E-state index in [0.29, 0.717) is 5.92 Å². The third-order valence-electron chi connectivity index (χ3n) is 3.61. The third-order valence-corrected chi connectivity index (χ3v) is 3.61. The molecule has 2 N–H and O–H groups in total. The summed E-state index contributed by atoms with van der Waals surface area (Å²) in [6.07, 6.45) is 4.30. The zero-order valence-electron chi connectivity index (χ0n) is 10.4. The van der Waals surface area contributed by atoms with Gasteiger partial charge in [-0.1, -0.05) is 12.1 Å². The number of benzene rings is 1. The van der Waals surface area contributed by atoms with Gasteiger partial charge in [0.1, 0.15) is 5.82 Å². The Hall–Kier alpha value is -1.68. The van der Waals surface area contributed by atoms with E-state index in [-0.39, 0.29) is 0 Å². The van der Waals surface area contributed by atoms with Crippen molar-refractivity contribution >= 4 is 16.9 Å². The molecule has 2 heterocycles. The molecule has 94 valence electrons. The van der Waals surface area contributed by atoms with E-state index >= 15 is 0 Å². The predicted octanol–water partition coefficient (Wildman–Crippen LogP) is 1.80. The lowest BCUT2D eigenvalue weighted by Gasteiger charge is -2.32. The van der Waals surface area contributed by atoms with Gasteiger partial charge in [0, 0.05) is 13.1 Å². The third kappa shape index (κ3) is 2.16. The van der Waals surface area contributed by atoms with Gasteiger partial charge >= 0.3 is 0 Å². The lowest BCUT2D eigenvalue weighted by molar-refractivity contribution is 0.421. The summed E-state index contributed by atoms with van der Waals surface area (Å²) in [4.78, 5) is 11.5. The zero-order valence-corrected chi connectivity index (χ0v) is 10.4. The smallest absolute Gasteiger partial charge is 0.147 e. The van der Waals surface area contributed by atoms with Gasteiger partial charge in [0.25, 0.3) is 0 Å². The van der Waals surface area contributed by atoms with Crippen LogP contribution in [0.15, 0.2) is 30.5 Å². The second kappa shape index (κ2) is 4.90. The molecular formula is C14H18N4. The molecule has 1 atom stereocenters. The Bertz CT molecular complexity index is 540. The van der Waals surface area contributed by atoms with Crippen molar-refractivity contribution in [1.29, 1.82) is 0 Å². The minimum absolute atomic E-state index is 0.590. The molecule has 0 radical (unpaired) electrons. The monoisotopic (exact) mass is 242 g/mol. The van der Waals surface area contributed by atoms with Crippen LogP contribution in [0.2, 0.25) is 0 Å². The van der Waals surface area contributed by atoms with Crippen LogP contribution < -0.4 is 10.6 Å². The maximum Gasteiger partial charge on any atom is 0.147 e. The molecule has 1 aromatic carbocycles. The lowest BCUT2D eigenvalue weighted by Crippen LogP contribution is -2.38. The van der Waals surface area contributed by atoms with Gasteiger partial charge in [0.2, 0.25) is 0 Å². The van der Waals surface area contributed by atoms with Crippen molar-refractivity contribution in [3.05, 3.63) is 30.5 Å². The van der Waals surface area contributed by atoms with Gasteiger partial charge in [0.15, 0.2) is 0 Å². The van der Waals surface area contributed by atoms with Gasteiger partial charge in [-0.2, -0.15) is 0 Å². The Morgan fingerprint density at radius 1 is 1.28 bits per heavy atom. The number of nitrogens with two attached hydrogens (primary N) is 1. The predicted molar refractivity (Wildman–Crippen MR) is 73.5 cm³/mol. The molecule has 1 aliphatic heterocycles. The van der Waals surface area contributed by atoms with Crippen LogP contribution in [-0.4, -0.2) is 29.6 Å². The fraction of sp³-hybridized carbons (Fsp3) is 0.429. The van der Waals surface area contributed by atoms with E-state index < -0.39 is 0 Å². The molecule has 18 heavy (non-hydrogen) atoms. The normalized spacial score (nSPS) is 20.3. The first-order valence-electron chi connectivity index (χ1n) is 6.53. The number of anilines is 1. The highest BCUT2D eigenvalue weighted by Gasteiger charge is 2.20.